The van der Waals surface area contributed by atoms with Gasteiger partial charge in [0, 0.05) is 30.4 Å². The zero-order chi connectivity index (χ0) is 15.6. The predicted octanol–water partition coefficient (Wildman–Crippen LogP) is 1.60. The molecule has 1 saturated heterocycles. The Bertz CT molecular complexity index is 791. The number of piperidine rings is 1. The van der Waals surface area contributed by atoms with Crippen LogP contribution in [0.25, 0.3) is 5.65 Å². The molecule has 1 aliphatic heterocycles. The summed E-state index contributed by atoms with van der Waals surface area (Å²) in [6, 6.07) is 3.95. The van der Waals surface area contributed by atoms with Gasteiger partial charge in [-0.1, -0.05) is 0 Å². The van der Waals surface area contributed by atoms with Gasteiger partial charge in [-0.15, -0.1) is 10.2 Å². The maximum atomic E-state index is 4.56. The van der Waals surface area contributed by atoms with Crippen molar-refractivity contribution in [2.24, 2.45) is 0 Å². The highest BCUT2D eigenvalue weighted by molar-refractivity contribution is 5.36. The molecule has 1 fully saturated rings. The van der Waals surface area contributed by atoms with Gasteiger partial charge in [-0.2, -0.15) is 9.61 Å². The van der Waals surface area contributed by atoms with Crippen molar-refractivity contribution in [3.63, 3.8) is 0 Å². The van der Waals surface area contributed by atoms with Gasteiger partial charge in [-0.05, 0) is 45.0 Å². The van der Waals surface area contributed by atoms with Crippen molar-refractivity contribution < 1.29 is 0 Å². The van der Waals surface area contributed by atoms with E-state index in [1.807, 2.05) is 36.0 Å². The van der Waals surface area contributed by atoms with Crippen LogP contribution in [0.2, 0.25) is 0 Å². The van der Waals surface area contributed by atoms with Crippen molar-refractivity contribution >= 4 is 5.65 Å². The Balaban J connectivity index is 1.45. The number of hydrogen-bond donors (Lipinski definition) is 0. The molecule has 0 amide bonds. The van der Waals surface area contributed by atoms with Gasteiger partial charge in [0.25, 0.3) is 0 Å². The average molecular weight is 309 g/mol. The van der Waals surface area contributed by atoms with Gasteiger partial charge in [0.05, 0.1) is 5.69 Å². The molecule has 23 heavy (non-hydrogen) atoms. The van der Waals surface area contributed by atoms with Crippen LogP contribution in [0, 0.1) is 6.92 Å². The number of aromatic nitrogens is 6. The van der Waals surface area contributed by atoms with E-state index in [9.17, 15) is 0 Å². The van der Waals surface area contributed by atoms with Gasteiger partial charge in [0.1, 0.15) is 6.33 Å². The summed E-state index contributed by atoms with van der Waals surface area (Å²) in [5.41, 5.74) is 2.98. The molecule has 4 heterocycles. The van der Waals surface area contributed by atoms with Crippen molar-refractivity contribution in [1.29, 1.82) is 0 Å². The van der Waals surface area contributed by atoms with Gasteiger partial charge in [-0.25, -0.2) is 9.97 Å². The number of rotatable bonds is 3. The minimum atomic E-state index is 0.419. The molecule has 0 radical (unpaired) electrons. The molecule has 0 atom stereocenters. The third-order valence-electron chi connectivity index (χ3n) is 4.39. The smallest absolute Gasteiger partial charge is 0.177 e. The maximum Gasteiger partial charge on any atom is 0.177 e. The molecule has 0 aromatic carbocycles. The molecule has 3 aromatic rings. The van der Waals surface area contributed by atoms with E-state index in [2.05, 4.69) is 30.2 Å². The number of aryl methyl sites for hydroxylation is 1. The molecule has 1 aliphatic rings. The molecular formula is C16H19N7. The summed E-state index contributed by atoms with van der Waals surface area (Å²) in [4.78, 5) is 10.6. The Morgan fingerprint density at radius 3 is 2.65 bits per heavy atom. The van der Waals surface area contributed by atoms with E-state index >= 15 is 0 Å². The van der Waals surface area contributed by atoms with E-state index in [1.165, 1.54) is 0 Å². The number of hydrogen-bond acceptors (Lipinski definition) is 6. The number of nitrogens with zero attached hydrogens (tertiary/aromatic N) is 7. The average Bonchev–Trinajstić information content (AvgIpc) is 2.99. The van der Waals surface area contributed by atoms with Gasteiger partial charge in [0.2, 0.25) is 0 Å². The Morgan fingerprint density at radius 2 is 1.87 bits per heavy atom. The van der Waals surface area contributed by atoms with Crippen LogP contribution in [0.4, 0.5) is 0 Å². The second-order valence-electron chi connectivity index (χ2n) is 6.10. The van der Waals surface area contributed by atoms with Crippen molar-refractivity contribution in [2.75, 3.05) is 13.1 Å². The molecule has 3 aromatic heterocycles. The Labute approximate surface area is 134 Å². The Kier molecular flexibility index (Phi) is 3.70. The second-order valence-corrected chi connectivity index (χ2v) is 6.10. The second kappa shape index (κ2) is 6.00. The van der Waals surface area contributed by atoms with Crippen molar-refractivity contribution in [2.45, 2.75) is 32.2 Å². The van der Waals surface area contributed by atoms with E-state index in [4.69, 9.17) is 0 Å². The molecule has 0 spiro atoms. The summed E-state index contributed by atoms with van der Waals surface area (Å²) in [7, 11) is 0. The molecular weight excluding hydrogens is 290 g/mol. The molecule has 0 aliphatic carbocycles. The van der Waals surface area contributed by atoms with E-state index in [1.54, 1.807) is 6.33 Å². The standard InChI is InChI=1S/C16H19N7/c1-12-2-3-15-19-20-16(23(15)21-12)14-4-6-22(7-5-14)10-13-8-17-11-18-9-13/h2-3,8-9,11,14H,4-7,10H2,1H3. The lowest BCUT2D eigenvalue weighted by Gasteiger charge is -2.30. The van der Waals surface area contributed by atoms with Crippen molar-refractivity contribution in [1.82, 2.24) is 34.7 Å². The molecule has 118 valence electrons. The molecule has 7 nitrogen and oxygen atoms in total. The molecule has 0 unspecified atom stereocenters. The van der Waals surface area contributed by atoms with Gasteiger partial charge < -0.3 is 0 Å². The highest BCUT2D eigenvalue weighted by atomic mass is 15.4. The fraction of sp³-hybridized carbons (Fsp3) is 0.438. The Hall–Kier alpha value is -2.41. The Morgan fingerprint density at radius 1 is 1.09 bits per heavy atom. The highest BCUT2D eigenvalue weighted by Gasteiger charge is 2.25. The first-order chi connectivity index (χ1) is 11.3. The van der Waals surface area contributed by atoms with Crippen LogP contribution in [-0.2, 0) is 6.54 Å². The normalized spacial score (nSPS) is 16.9. The first-order valence-electron chi connectivity index (χ1n) is 7.95. The SMILES string of the molecule is Cc1ccc2nnc(C3CCN(Cc4cncnc4)CC3)n2n1. The van der Waals surface area contributed by atoms with E-state index < -0.39 is 0 Å². The molecule has 7 heteroatoms. The van der Waals surface area contributed by atoms with Crippen LogP contribution in [0.15, 0.2) is 30.9 Å². The van der Waals surface area contributed by atoms with E-state index in [0.29, 0.717) is 5.92 Å². The van der Waals surface area contributed by atoms with Crippen LogP contribution in [0.5, 0.6) is 0 Å². The monoisotopic (exact) mass is 309 g/mol. The number of likely N-dealkylation sites (tertiary alicyclic amines) is 1. The first-order valence-corrected chi connectivity index (χ1v) is 7.95. The largest absolute Gasteiger partial charge is 0.299 e. The topological polar surface area (TPSA) is 72.1 Å². The summed E-state index contributed by atoms with van der Waals surface area (Å²) in [5, 5.41) is 13.2. The summed E-state index contributed by atoms with van der Waals surface area (Å²) < 4.78 is 1.90. The fourth-order valence-corrected chi connectivity index (χ4v) is 3.17. The molecule has 4 rings (SSSR count). The minimum absolute atomic E-state index is 0.419. The van der Waals surface area contributed by atoms with E-state index in [0.717, 1.165) is 55.2 Å². The van der Waals surface area contributed by atoms with Crippen molar-refractivity contribution in [3.8, 4) is 0 Å². The third-order valence-corrected chi connectivity index (χ3v) is 4.39. The third kappa shape index (κ3) is 2.92. The van der Waals surface area contributed by atoms with Gasteiger partial charge >= 0.3 is 0 Å². The van der Waals surface area contributed by atoms with Crippen LogP contribution in [0.1, 0.15) is 35.8 Å². The predicted molar refractivity (Wildman–Crippen MR) is 84.8 cm³/mol. The maximum absolute atomic E-state index is 4.56. The van der Waals surface area contributed by atoms with E-state index in [-0.39, 0.29) is 0 Å². The van der Waals surface area contributed by atoms with Crippen LogP contribution >= 0.6 is 0 Å². The van der Waals surface area contributed by atoms with Crippen LogP contribution in [-0.4, -0.2) is 47.8 Å². The lowest BCUT2D eigenvalue weighted by molar-refractivity contribution is 0.200. The molecule has 0 N–H and O–H groups in total. The molecule has 0 bridgehead atoms. The van der Waals surface area contributed by atoms with Crippen molar-refractivity contribution in [3.05, 3.63) is 47.9 Å². The van der Waals surface area contributed by atoms with Gasteiger partial charge in [-0.3, -0.25) is 4.90 Å². The lowest BCUT2D eigenvalue weighted by Crippen LogP contribution is -2.33. The zero-order valence-corrected chi connectivity index (χ0v) is 13.1. The van der Waals surface area contributed by atoms with Crippen LogP contribution in [0.3, 0.4) is 0 Å². The zero-order valence-electron chi connectivity index (χ0n) is 13.1. The highest BCUT2D eigenvalue weighted by Crippen LogP contribution is 2.27. The quantitative estimate of drug-likeness (QED) is 0.732. The fourth-order valence-electron chi connectivity index (χ4n) is 3.17. The lowest BCUT2D eigenvalue weighted by atomic mass is 9.96. The molecule has 0 saturated carbocycles. The summed E-state index contributed by atoms with van der Waals surface area (Å²) in [5.74, 6) is 1.41. The first kappa shape index (κ1) is 14.2. The van der Waals surface area contributed by atoms with Gasteiger partial charge in [0.15, 0.2) is 11.5 Å². The summed E-state index contributed by atoms with van der Waals surface area (Å²) in [6.07, 6.45) is 7.49. The summed E-state index contributed by atoms with van der Waals surface area (Å²) >= 11 is 0. The summed E-state index contributed by atoms with van der Waals surface area (Å²) in [6.45, 7) is 4.99. The minimum Gasteiger partial charge on any atom is -0.299 e. The van der Waals surface area contributed by atoms with Crippen LogP contribution < -0.4 is 0 Å². The number of fused-ring (bicyclic) bond motifs is 1.